The van der Waals surface area contributed by atoms with Crippen LogP contribution < -0.4 is 10.2 Å². The maximum absolute atomic E-state index is 13.8. The van der Waals surface area contributed by atoms with Gasteiger partial charge in [-0.05, 0) is 48.7 Å². The molecule has 0 unspecified atom stereocenters. The predicted octanol–water partition coefficient (Wildman–Crippen LogP) is 5.46. The quantitative estimate of drug-likeness (QED) is 0.398. The second-order valence-electron chi connectivity index (χ2n) is 7.65. The molecular weight excluding hydrogens is 457 g/mol. The zero-order valence-electron chi connectivity index (χ0n) is 16.8. The second-order valence-corrected chi connectivity index (χ2v) is 8.47. The Labute approximate surface area is 192 Å². The third-order valence-electron chi connectivity index (χ3n) is 5.53. The lowest BCUT2D eigenvalue weighted by molar-refractivity contribution is 0.509. The van der Waals surface area contributed by atoms with Gasteiger partial charge in [-0.2, -0.15) is 4.98 Å². The van der Waals surface area contributed by atoms with Crippen molar-refractivity contribution in [1.82, 2.24) is 19.6 Å². The smallest absolute Gasteiger partial charge is 0.243 e. The summed E-state index contributed by atoms with van der Waals surface area (Å²) in [7, 11) is 0. The number of rotatable bonds is 4. The van der Waals surface area contributed by atoms with Crippen LogP contribution >= 0.6 is 23.2 Å². The highest BCUT2D eigenvalue weighted by Crippen LogP contribution is 2.29. The SMILES string of the molecule is Fc1ccc(-c2cc(Cl)cn3nc(NC4CCN(c5ccnc(Cl)c5)CC4)nc23)cc1F. The van der Waals surface area contributed by atoms with Crippen molar-refractivity contribution in [3.8, 4) is 11.1 Å². The molecule has 4 heterocycles. The molecule has 164 valence electrons. The van der Waals surface area contributed by atoms with Crippen molar-refractivity contribution in [2.75, 3.05) is 23.3 Å². The zero-order valence-corrected chi connectivity index (χ0v) is 18.3. The first-order valence-electron chi connectivity index (χ1n) is 10.1. The molecule has 1 aromatic carbocycles. The van der Waals surface area contributed by atoms with E-state index in [-0.39, 0.29) is 6.04 Å². The zero-order chi connectivity index (χ0) is 22.2. The van der Waals surface area contributed by atoms with Gasteiger partial charge in [-0.15, -0.1) is 5.10 Å². The fourth-order valence-electron chi connectivity index (χ4n) is 3.94. The van der Waals surface area contributed by atoms with E-state index in [1.54, 1.807) is 23.0 Å². The molecule has 0 radical (unpaired) electrons. The van der Waals surface area contributed by atoms with Gasteiger partial charge >= 0.3 is 0 Å². The lowest BCUT2D eigenvalue weighted by atomic mass is 10.0. The van der Waals surface area contributed by atoms with Crippen molar-refractivity contribution in [3.63, 3.8) is 0 Å². The average Bonchev–Trinajstić information content (AvgIpc) is 3.17. The van der Waals surface area contributed by atoms with Gasteiger partial charge in [0.25, 0.3) is 0 Å². The van der Waals surface area contributed by atoms with Crippen molar-refractivity contribution in [2.24, 2.45) is 0 Å². The van der Waals surface area contributed by atoms with Crippen LogP contribution in [0.5, 0.6) is 0 Å². The minimum Gasteiger partial charge on any atom is -0.371 e. The van der Waals surface area contributed by atoms with Crippen LogP contribution in [0.4, 0.5) is 20.4 Å². The maximum atomic E-state index is 13.8. The van der Waals surface area contributed by atoms with Gasteiger partial charge in [-0.25, -0.2) is 18.3 Å². The molecule has 1 aliphatic heterocycles. The predicted molar refractivity (Wildman–Crippen MR) is 121 cm³/mol. The topological polar surface area (TPSA) is 58.4 Å². The van der Waals surface area contributed by atoms with Crippen LogP contribution in [0.2, 0.25) is 10.2 Å². The molecule has 5 rings (SSSR count). The average molecular weight is 475 g/mol. The van der Waals surface area contributed by atoms with E-state index in [0.717, 1.165) is 43.8 Å². The Kier molecular flexibility index (Phi) is 5.57. The molecule has 10 heteroatoms. The molecular formula is C22H18Cl2F2N6. The Hall–Kier alpha value is -2.97. The number of benzene rings is 1. The van der Waals surface area contributed by atoms with E-state index < -0.39 is 11.6 Å². The number of nitrogens with zero attached hydrogens (tertiary/aromatic N) is 5. The van der Waals surface area contributed by atoms with Crippen molar-refractivity contribution in [3.05, 3.63) is 70.6 Å². The molecule has 4 aromatic rings. The van der Waals surface area contributed by atoms with Crippen LogP contribution in [0, 0.1) is 11.6 Å². The Bertz CT molecular complexity index is 1290. The number of pyridine rings is 2. The molecule has 6 nitrogen and oxygen atoms in total. The van der Waals surface area contributed by atoms with Crippen LogP contribution in [0.15, 0.2) is 48.8 Å². The van der Waals surface area contributed by atoms with Crippen molar-refractivity contribution >= 4 is 40.5 Å². The van der Waals surface area contributed by atoms with Gasteiger partial charge in [-0.3, -0.25) is 0 Å². The lowest BCUT2D eigenvalue weighted by Gasteiger charge is -2.33. The van der Waals surface area contributed by atoms with Crippen LogP contribution in [0.25, 0.3) is 16.8 Å². The number of nitrogens with one attached hydrogen (secondary N) is 1. The largest absolute Gasteiger partial charge is 0.371 e. The molecule has 0 aliphatic carbocycles. The number of halogens is 4. The minimum absolute atomic E-state index is 0.197. The van der Waals surface area contributed by atoms with E-state index in [9.17, 15) is 8.78 Å². The summed E-state index contributed by atoms with van der Waals surface area (Å²) < 4.78 is 28.7. The van der Waals surface area contributed by atoms with E-state index in [1.165, 1.54) is 6.07 Å². The second kappa shape index (κ2) is 8.52. The summed E-state index contributed by atoms with van der Waals surface area (Å²) >= 11 is 12.2. The Morgan fingerprint density at radius 1 is 1.00 bits per heavy atom. The number of anilines is 2. The molecule has 3 aromatic heterocycles. The molecule has 0 spiro atoms. The fraction of sp³-hybridized carbons (Fsp3) is 0.227. The molecule has 0 atom stereocenters. The van der Waals surface area contributed by atoms with Crippen molar-refractivity contribution in [1.29, 1.82) is 0 Å². The Balaban J connectivity index is 1.35. The van der Waals surface area contributed by atoms with Crippen molar-refractivity contribution in [2.45, 2.75) is 18.9 Å². The molecule has 1 saturated heterocycles. The van der Waals surface area contributed by atoms with Crippen LogP contribution in [0.1, 0.15) is 12.8 Å². The van der Waals surface area contributed by atoms with Crippen molar-refractivity contribution < 1.29 is 8.78 Å². The van der Waals surface area contributed by atoms with Gasteiger partial charge in [-0.1, -0.05) is 29.3 Å². The molecule has 1 aliphatic rings. The van der Waals surface area contributed by atoms with Crippen LogP contribution in [0.3, 0.4) is 0 Å². The molecule has 0 amide bonds. The van der Waals surface area contributed by atoms with Gasteiger partial charge in [0, 0.05) is 42.8 Å². The van der Waals surface area contributed by atoms with Gasteiger partial charge in [0.1, 0.15) is 5.15 Å². The summed E-state index contributed by atoms with van der Waals surface area (Å²) in [6, 6.07) is 9.39. The molecule has 1 N–H and O–H groups in total. The summed E-state index contributed by atoms with van der Waals surface area (Å²) in [5, 5.41) is 8.77. The van der Waals surface area contributed by atoms with Gasteiger partial charge in [0.2, 0.25) is 5.95 Å². The van der Waals surface area contributed by atoms with E-state index in [1.807, 2.05) is 12.1 Å². The first kappa shape index (κ1) is 20.9. The summed E-state index contributed by atoms with van der Waals surface area (Å²) in [5.74, 6) is -1.38. The highest BCUT2D eigenvalue weighted by Gasteiger charge is 2.21. The lowest BCUT2D eigenvalue weighted by Crippen LogP contribution is -2.39. The third-order valence-corrected chi connectivity index (χ3v) is 5.95. The molecule has 1 fully saturated rings. The van der Waals surface area contributed by atoms with Gasteiger partial charge in [0.05, 0.1) is 5.02 Å². The molecule has 0 bridgehead atoms. The van der Waals surface area contributed by atoms with Crippen LogP contribution in [-0.2, 0) is 0 Å². The maximum Gasteiger partial charge on any atom is 0.243 e. The Morgan fingerprint density at radius 2 is 1.81 bits per heavy atom. The highest BCUT2D eigenvalue weighted by molar-refractivity contribution is 6.31. The highest BCUT2D eigenvalue weighted by atomic mass is 35.5. The summed E-state index contributed by atoms with van der Waals surface area (Å²) in [6.07, 6.45) is 5.13. The fourth-order valence-corrected chi connectivity index (χ4v) is 4.31. The summed E-state index contributed by atoms with van der Waals surface area (Å²) in [5.41, 5.74) is 2.60. The summed E-state index contributed by atoms with van der Waals surface area (Å²) in [6.45, 7) is 1.72. The first-order chi connectivity index (χ1) is 15.5. The number of aromatic nitrogens is 4. The Morgan fingerprint density at radius 3 is 2.56 bits per heavy atom. The van der Waals surface area contributed by atoms with E-state index in [4.69, 9.17) is 23.2 Å². The third kappa shape index (κ3) is 4.20. The molecule has 32 heavy (non-hydrogen) atoms. The van der Waals surface area contributed by atoms with Crippen LogP contribution in [-0.4, -0.2) is 38.7 Å². The number of hydrogen-bond acceptors (Lipinski definition) is 5. The van der Waals surface area contributed by atoms with Gasteiger partial charge < -0.3 is 10.2 Å². The molecule has 0 saturated carbocycles. The monoisotopic (exact) mass is 474 g/mol. The van der Waals surface area contributed by atoms with E-state index >= 15 is 0 Å². The van der Waals surface area contributed by atoms with E-state index in [0.29, 0.717) is 32.9 Å². The number of fused-ring (bicyclic) bond motifs is 1. The first-order valence-corrected chi connectivity index (χ1v) is 10.9. The normalized spacial score (nSPS) is 14.8. The number of hydrogen-bond donors (Lipinski definition) is 1. The number of piperidine rings is 1. The minimum atomic E-state index is -0.930. The van der Waals surface area contributed by atoms with E-state index in [2.05, 4.69) is 25.3 Å². The standard InChI is InChI=1S/C22H18Cl2F2N6/c23-14-10-17(13-1-2-18(25)19(26)9-13)21-29-22(30-32(21)12-14)28-15-4-7-31(8-5-15)16-3-6-27-20(24)11-16/h1-3,6,9-12,15H,4-5,7-8H2,(H,28,30). The van der Waals surface area contributed by atoms with Gasteiger partial charge in [0.15, 0.2) is 17.3 Å². The summed E-state index contributed by atoms with van der Waals surface area (Å²) in [4.78, 5) is 10.9.